The summed E-state index contributed by atoms with van der Waals surface area (Å²) < 4.78 is 5.43. The zero-order valence-corrected chi connectivity index (χ0v) is 16.3. The van der Waals surface area contributed by atoms with E-state index in [0.29, 0.717) is 12.0 Å². The molecule has 124 valence electrons. The standard InChI is InChI=1S/C16H31N3O.HI/c1-5-17-14(18-11-15(2,3)20-4)19-12-16(9-6-10-16)13-7-8-13;/h13H,5-12H2,1-4H3,(H2,17,18,19);1H. The van der Waals surface area contributed by atoms with E-state index in [2.05, 4.69) is 36.4 Å². The number of rotatable bonds is 7. The van der Waals surface area contributed by atoms with Crippen LogP contribution in [0.25, 0.3) is 0 Å². The Balaban J connectivity index is 0.00000220. The molecule has 2 aliphatic carbocycles. The summed E-state index contributed by atoms with van der Waals surface area (Å²) in [7, 11) is 1.74. The summed E-state index contributed by atoms with van der Waals surface area (Å²) in [6.07, 6.45) is 7.07. The second-order valence-corrected chi connectivity index (χ2v) is 7.00. The maximum absolute atomic E-state index is 5.43. The lowest BCUT2D eigenvalue weighted by Crippen LogP contribution is -2.48. The highest BCUT2D eigenvalue weighted by Crippen LogP contribution is 2.56. The summed E-state index contributed by atoms with van der Waals surface area (Å²) in [5, 5.41) is 6.91. The van der Waals surface area contributed by atoms with Crippen molar-refractivity contribution < 1.29 is 4.74 Å². The molecule has 5 heteroatoms. The molecule has 0 aromatic heterocycles. The van der Waals surface area contributed by atoms with Gasteiger partial charge in [-0.2, -0.15) is 0 Å². The number of hydrogen-bond acceptors (Lipinski definition) is 2. The molecule has 0 aromatic rings. The Kier molecular flexibility index (Phi) is 7.24. The Bertz CT molecular complexity index is 349. The molecule has 0 amide bonds. The van der Waals surface area contributed by atoms with Gasteiger partial charge in [0, 0.05) is 20.2 Å². The van der Waals surface area contributed by atoms with Gasteiger partial charge in [-0.1, -0.05) is 6.42 Å². The number of ether oxygens (including phenoxy) is 1. The fraction of sp³-hybridized carbons (Fsp3) is 0.938. The molecule has 2 rings (SSSR count). The largest absolute Gasteiger partial charge is 0.377 e. The summed E-state index contributed by atoms with van der Waals surface area (Å²) in [6, 6.07) is 0. The molecule has 2 aliphatic rings. The van der Waals surface area contributed by atoms with Crippen LogP contribution in [-0.2, 0) is 4.74 Å². The van der Waals surface area contributed by atoms with Gasteiger partial charge in [0.1, 0.15) is 0 Å². The third-order valence-corrected chi connectivity index (χ3v) is 4.92. The maximum Gasteiger partial charge on any atom is 0.191 e. The Morgan fingerprint density at radius 3 is 2.38 bits per heavy atom. The predicted molar refractivity (Wildman–Crippen MR) is 99.5 cm³/mol. The number of guanidine groups is 1. The molecule has 2 saturated carbocycles. The van der Waals surface area contributed by atoms with Gasteiger partial charge in [-0.3, -0.25) is 4.99 Å². The van der Waals surface area contributed by atoms with Gasteiger partial charge in [-0.15, -0.1) is 24.0 Å². The molecule has 0 aliphatic heterocycles. The molecule has 0 unspecified atom stereocenters. The smallest absolute Gasteiger partial charge is 0.191 e. The van der Waals surface area contributed by atoms with E-state index in [1.165, 1.54) is 32.1 Å². The average Bonchev–Trinajstić information content (AvgIpc) is 3.19. The average molecular weight is 409 g/mol. The van der Waals surface area contributed by atoms with E-state index in [1.54, 1.807) is 7.11 Å². The van der Waals surface area contributed by atoms with Crippen LogP contribution in [-0.4, -0.2) is 38.3 Å². The zero-order chi connectivity index (χ0) is 14.6. The van der Waals surface area contributed by atoms with Gasteiger partial charge in [0.25, 0.3) is 0 Å². The highest BCUT2D eigenvalue weighted by Gasteiger charge is 2.48. The first-order valence-corrected chi connectivity index (χ1v) is 8.09. The van der Waals surface area contributed by atoms with Gasteiger partial charge in [-0.25, -0.2) is 0 Å². The van der Waals surface area contributed by atoms with Crippen LogP contribution in [0.2, 0.25) is 0 Å². The van der Waals surface area contributed by atoms with Crippen molar-refractivity contribution in [2.75, 3.05) is 26.7 Å². The lowest BCUT2D eigenvalue weighted by atomic mass is 9.65. The van der Waals surface area contributed by atoms with Crippen LogP contribution in [0, 0.1) is 11.3 Å². The molecular formula is C16H32IN3O. The Morgan fingerprint density at radius 2 is 1.95 bits per heavy atom. The fourth-order valence-electron chi connectivity index (χ4n) is 2.99. The normalized spacial score (nSPS) is 21.2. The van der Waals surface area contributed by atoms with Crippen LogP contribution >= 0.6 is 24.0 Å². The molecule has 4 nitrogen and oxygen atoms in total. The van der Waals surface area contributed by atoms with Crippen molar-refractivity contribution in [3.05, 3.63) is 0 Å². The first kappa shape index (κ1) is 19.0. The molecule has 0 spiro atoms. The number of halogens is 1. The number of nitrogens with zero attached hydrogens (tertiary/aromatic N) is 1. The van der Waals surface area contributed by atoms with Gasteiger partial charge < -0.3 is 15.4 Å². The topological polar surface area (TPSA) is 45.7 Å². The van der Waals surface area contributed by atoms with Gasteiger partial charge >= 0.3 is 0 Å². The van der Waals surface area contributed by atoms with E-state index < -0.39 is 0 Å². The number of hydrogen-bond donors (Lipinski definition) is 2. The predicted octanol–water partition coefficient (Wildman–Crippen LogP) is 3.16. The number of nitrogens with one attached hydrogen (secondary N) is 2. The highest BCUT2D eigenvalue weighted by atomic mass is 127. The molecule has 2 fully saturated rings. The number of methoxy groups -OCH3 is 1. The zero-order valence-electron chi connectivity index (χ0n) is 14.0. The minimum Gasteiger partial charge on any atom is -0.377 e. The minimum absolute atomic E-state index is 0. The SMILES string of the molecule is CCNC(=NCC(C)(C)OC)NCC1(C2CC2)CCC1.I. The van der Waals surface area contributed by atoms with Crippen molar-refractivity contribution in [3.63, 3.8) is 0 Å². The maximum atomic E-state index is 5.43. The number of aliphatic imine (C=N–C) groups is 1. The Hall–Kier alpha value is -0.0400. The van der Waals surface area contributed by atoms with Gasteiger partial charge in [0.05, 0.1) is 12.1 Å². The van der Waals surface area contributed by atoms with Gasteiger partial charge in [0.2, 0.25) is 0 Å². The summed E-state index contributed by atoms with van der Waals surface area (Å²) in [5.74, 6) is 1.91. The van der Waals surface area contributed by atoms with E-state index in [0.717, 1.165) is 25.0 Å². The lowest BCUT2D eigenvalue weighted by Gasteiger charge is -2.43. The van der Waals surface area contributed by atoms with Crippen LogP contribution in [0.1, 0.15) is 52.9 Å². The molecule has 0 radical (unpaired) electrons. The summed E-state index contributed by atoms with van der Waals surface area (Å²) >= 11 is 0. The van der Waals surface area contributed by atoms with Crippen LogP contribution < -0.4 is 10.6 Å². The van der Waals surface area contributed by atoms with Gasteiger partial charge in [-0.05, 0) is 57.8 Å². The van der Waals surface area contributed by atoms with E-state index >= 15 is 0 Å². The highest BCUT2D eigenvalue weighted by molar-refractivity contribution is 14.0. The second kappa shape index (κ2) is 7.99. The van der Waals surface area contributed by atoms with E-state index in [-0.39, 0.29) is 29.6 Å². The van der Waals surface area contributed by atoms with E-state index in [9.17, 15) is 0 Å². The monoisotopic (exact) mass is 409 g/mol. The van der Waals surface area contributed by atoms with Crippen molar-refractivity contribution in [1.82, 2.24) is 10.6 Å². The lowest BCUT2D eigenvalue weighted by molar-refractivity contribution is 0.0310. The molecule has 0 bridgehead atoms. The second-order valence-electron chi connectivity index (χ2n) is 7.00. The van der Waals surface area contributed by atoms with Crippen LogP contribution in [0.3, 0.4) is 0 Å². The first-order valence-electron chi connectivity index (χ1n) is 8.09. The minimum atomic E-state index is -0.201. The van der Waals surface area contributed by atoms with Crippen molar-refractivity contribution >= 4 is 29.9 Å². The van der Waals surface area contributed by atoms with Crippen molar-refractivity contribution in [3.8, 4) is 0 Å². The molecule has 0 atom stereocenters. The quantitative estimate of drug-likeness (QED) is 0.386. The van der Waals surface area contributed by atoms with E-state index in [1.807, 2.05) is 0 Å². The van der Waals surface area contributed by atoms with Crippen molar-refractivity contribution in [2.24, 2.45) is 16.3 Å². The van der Waals surface area contributed by atoms with E-state index in [4.69, 9.17) is 4.74 Å². The molecule has 0 heterocycles. The van der Waals surface area contributed by atoms with Gasteiger partial charge in [0.15, 0.2) is 5.96 Å². The first-order chi connectivity index (χ1) is 9.51. The van der Waals surface area contributed by atoms with Crippen molar-refractivity contribution in [2.45, 2.75) is 58.5 Å². The summed E-state index contributed by atoms with van der Waals surface area (Å²) in [6.45, 7) is 8.90. The Labute approximate surface area is 146 Å². The third-order valence-electron chi connectivity index (χ3n) is 4.92. The molecular weight excluding hydrogens is 377 g/mol. The third kappa shape index (κ3) is 5.27. The van der Waals surface area contributed by atoms with Crippen LogP contribution in [0.15, 0.2) is 4.99 Å². The molecule has 21 heavy (non-hydrogen) atoms. The fourth-order valence-corrected chi connectivity index (χ4v) is 2.99. The molecule has 0 aromatic carbocycles. The summed E-state index contributed by atoms with van der Waals surface area (Å²) in [4.78, 5) is 4.67. The van der Waals surface area contributed by atoms with Crippen LogP contribution in [0.5, 0.6) is 0 Å². The Morgan fingerprint density at radius 1 is 1.29 bits per heavy atom. The molecule has 0 saturated heterocycles. The molecule has 2 N–H and O–H groups in total. The van der Waals surface area contributed by atoms with Crippen LogP contribution in [0.4, 0.5) is 0 Å². The van der Waals surface area contributed by atoms with Crippen molar-refractivity contribution in [1.29, 1.82) is 0 Å². The summed E-state index contributed by atoms with van der Waals surface area (Å²) in [5.41, 5.74) is 0.375.